The van der Waals surface area contributed by atoms with Crippen LogP contribution in [0.1, 0.15) is 65.7 Å². The highest BCUT2D eigenvalue weighted by molar-refractivity contribution is 7.91. The molecular weight excluding hydrogens is 659 g/mol. The van der Waals surface area contributed by atoms with Crippen LogP contribution in [0.5, 0.6) is 5.88 Å². The molecule has 264 valence electrons. The summed E-state index contributed by atoms with van der Waals surface area (Å²) in [7, 11) is -4.01. The molecule has 49 heavy (non-hydrogen) atoms. The van der Waals surface area contributed by atoms with Crippen LogP contribution >= 0.6 is 0 Å². The van der Waals surface area contributed by atoms with Crippen LogP contribution in [0.2, 0.25) is 0 Å². The van der Waals surface area contributed by atoms with E-state index in [2.05, 4.69) is 25.3 Å². The SMILES string of the molecule is C[C@@H]1CC/C=C\[C@@H]2CC2(C(=O)NS(=O)(=O)C2(C)CC2)NC(=O)[C@@H]2C[C@@H](Oc3cnc4cc(F)ccc4n3)CN2C(=O)[C@@H](NC(=O)O)[C@H](C)C1. The highest BCUT2D eigenvalue weighted by atomic mass is 32.2. The number of carbonyl (C=O) groups is 4. The van der Waals surface area contributed by atoms with Crippen LogP contribution in [0.4, 0.5) is 9.18 Å². The van der Waals surface area contributed by atoms with E-state index in [0.717, 1.165) is 6.42 Å². The Labute approximate surface area is 283 Å². The van der Waals surface area contributed by atoms with Crippen LogP contribution in [0.3, 0.4) is 0 Å². The van der Waals surface area contributed by atoms with Gasteiger partial charge in [0.2, 0.25) is 27.7 Å². The standard InChI is InChI=1S/C33H41FN6O8S/c1-18-6-4-5-7-20-15-33(20,30(43)39-49(46,47)32(3)10-11-32)38-28(41)25-14-22(17-40(25)29(42)27(19(2)12-18)37-31(44)45)48-26-16-35-24-13-21(34)8-9-23(24)36-26/h5,7-9,13,16,18-20,22,25,27,37H,4,6,10-12,14-15,17H2,1-3H3,(H,38,41)(H,39,43)(H,44,45)/b7-5-/t18-,19-,20-,22-,25+,27+,33?/m1/s1. The minimum atomic E-state index is -4.01. The van der Waals surface area contributed by atoms with Crippen molar-refractivity contribution in [1.82, 2.24) is 30.2 Å². The third-order valence-corrected chi connectivity index (χ3v) is 12.5. The first kappa shape index (κ1) is 34.5. The van der Waals surface area contributed by atoms with Crippen LogP contribution in [0, 0.1) is 23.6 Å². The molecule has 1 unspecified atom stereocenters. The summed E-state index contributed by atoms with van der Waals surface area (Å²) in [5.74, 6) is -3.37. The van der Waals surface area contributed by atoms with Crippen LogP contribution in [-0.2, 0) is 24.4 Å². The third-order valence-electron chi connectivity index (χ3n) is 10.3. The summed E-state index contributed by atoms with van der Waals surface area (Å²) >= 11 is 0. The van der Waals surface area contributed by atoms with Crippen LogP contribution in [-0.4, -0.2) is 87.2 Å². The maximum Gasteiger partial charge on any atom is 0.405 e. The molecule has 0 radical (unpaired) electrons. The summed E-state index contributed by atoms with van der Waals surface area (Å²) in [5.41, 5.74) is -0.887. The van der Waals surface area contributed by atoms with Crippen molar-refractivity contribution in [2.75, 3.05) is 6.54 Å². The Morgan fingerprint density at radius 1 is 1.16 bits per heavy atom. The first-order valence-electron chi connectivity index (χ1n) is 16.6. The summed E-state index contributed by atoms with van der Waals surface area (Å²) < 4.78 is 47.0. The molecular formula is C33H41FN6O8S. The van der Waals surface area contributed by atoms with E-state index >= 15 is 0 Å². The largest absolute Gasteiger partial charge is 0.471 e. The Kier molecular flexibility index (Phi) is 9.05. The van der Waals surface area contributed by atoms with E-state index in [0.29, 0.717) is 36.7 Å². The highest BCUT2D eigenvalue weighted by Crippen LogP contribution is 2.47. The predicted molar refractivity (Wildman–Crippen MR) is 174 cm³/mol. The van der Waals surface area contributed by atoms with E-state index in [1.165, 1.54) is 29.3 Å². The van der Waals surface area contributed by atoms with E-state index < -0.39 is 80.0 Å². The van der Waals surface area contributed by atoms with Crippen LogP contribution < -0.4 is 20.1 Å². The molecule has 2 aliphatic heterocycles. The molecule has 4 amide bonds. The Bertz CT molecular complexity index is 1820. The number of hydrogen-bond acceptors (Lipinski definition) is 9. The zero-order valence-corrected chi connectivity index (χ0v) is 28.3. The minimum absolute atomic E-state index is 0.0418. The third kappa shape index (κ3) is 7.05. The molecule has 7 atom stereocenters. The molecule has 0 spiro atoms. The summed E-state index contributed by atoms with van der Waals surface area (Å²) in [4.78, 5) is 63.8. The second-order valence-electron chi connectivity index (χ2n) is 14.2. The molecule has 6 rings (SSSR count). The number of ether oxygens (including phenoxy) is 1. The lowest BCUT2D eigenvalue weighted by atomic mass is 9.88. The quantitative estimate of drug-likeness (QED) is 0.325. The van der Waals surface area contributed by atoms with Gasteiger partial charge in [-0.15, -0.1) is 0 Å². The minimum Gasteiger partial charge on any atom is -0.471 e. The van der Waals surface area contributed by atoms with E-state index in [4.69, 9.17) is 4.74 Å². The average molecular weight is 701 g/mol. The summed E-state index contributed by atoms with van der Waals surface area (Å²) in [6.07, 6.45) is 5.69. The number of aromatic nitrogens is 2. The van der Waals surface area contributed by atoms with Gasteiger partial charge in [-0.1, -0.05) is 26.0 Å². The number of carbonyl (C=O) groups excluding carboxylic acids is 3. The van der Waals surface area contributed by atoms with Crippen LogP contribution in [0.25, 0.3) is 11.0 Å². The van der Waals surface area contributed by atoms with Gasteiger partial charge >= 0.3 is 6.09 Å². The molecule has 0 bridgehead atoms. The molecule has 2 aromatic rings. The van der Waals surface area contributed by atoms with Crippen LogP contribution in [0.15, 0.2) is 36.5 Å². The zero-order chi connectivity index (χ0) is 35.3. The Hall–Kier alpha value is -4.34. The summed E-state index contributed by atoms with van der Waals surface area (Å²) in [6.45, 7) is 5.24. The smallest absolute Gasteiger partial charge is 0.405 e. The van der Waals surface area contributed by atoms with Gasteiger partial charge < -0.3 is 25.4 Å². The van der Waals surface area contributed by atoms with Gasteiger partial charge in [-0.3, -0.25) is 19.1 Å². The molecule has 14 nitrogen and oxygen atoms in total. The maximum atomic E-state index is 14.2. The van der Waals surface area contributed by atoms with E-state index in [9.17, 15) is 37.1 Å². The Balaban J connectivity index is 1.32. The van der Waals surface area contributed by atoms with Crippen molar-refractivity contribution in [1.29, 1.82) is 0 Å². The maximum absolute atomic E-state index is 14.2. The fraction of sp³-hybridized carbons (Fsp3) is 0.576. The molecule has 2 aliphatic carbocycles. The molecule has 4 N–H and O–H groups in total. The van der Waals surface area contributed by atoms with E-state index in [-0.39, 0.29) is 31.2 Å². The lowest BCUT2D eigenvalue weighted by Gasteiger charge is -2.32. The lowest BCUT2D eigenvalue weighted by Crippen LogP contribution is -2.59. The van der Waals surface area contributed by atoms with E-state index in [1.54, 1.807) is 13.8 Å². The number of halogens is 1. The number of rotatable bonds is 6. The second kappa shape index (κ2) is 12.8. The normalized spacial score (nSPS) is 32.0. The molecule has 1 aromatic carbocycles. The Morgan fingerprint density at radius 2 is 1.92 bits per heavy atom. The van der Waals surface area contributed by atoms with Gasteiger partial charge in [0.05, 0.1) is 28.5 Å². The van der Waals surface area contributed by atoms with Crippen molar-refractivity contribution in [3.63, 3.8) is 0 Å². The highest BCUT2D eigenvalue weighted by Gasteiger charge is 2.63. The number of amides is 4. The molecule has 16 heteroatoms. The molecule has 4 aliphatic rings. The molecule has 1 saturated heterocycles. The zero-order valence-electron chi connectivity index (χ0n) is 27.5. The van der Waals surface area contributed by atoms with Gasteiger partial charge in [-0.25, -0.2) is 27.6 Å². The molecule has 2 saturated carbocycles. The molecule has 3 heterocycles. The number of sulfonamides is 1. The number of hydrogen-bond donors (Lipinski definition) is 4. The monoisotopic (exact) mass is 700 g/mol. The molecule has 3 fully saturated rings. The van der Waals surface area contributed by atoms with Gasteiger partial charge in [0.15, 0.2) is 0 Å². The van der Waals surface area contributed by atoms with Gasteiger partial charge in [-0.2, -0.15) is 0 Å². The number of nitrogens with one attached hydrogen (secondary N) is 3. The van der Waals surface area contributed by atoms with Crippen molar-refractivity contribution in [2.24, 2.45) is 17.8 Å². The predicted octanol–water partition coefficient (Wildman–Crippen LogP) is 2.64. The van der Waals surface area contributed by atoms with Gasteiger partial charge in [0, 0.05) is 18.4 Å². The number of benzene rings is 1. The second-order valence-corrected chi connectivity index (χ2v) is 16.4. The van der Waals surface area contributed by atoms with Gasteiger partial charge in [0.1, 0.15) is 29.5 Å². The topological polar surface area (TPSA) is 197 Å². The summed E-state index contributed by atoms with van der Waals surface area (Å²) in [5, 5.41) is 14.8. The van der Waals surface area contributed by atoms with Crippen molar-refractivity contribution >= 4 is 44.9 Å². The first-order chi connectivity index (χ1) is 23.1. The fourth-order valence-corrected chi connectivity index (χ4v) is 8.24. The summed E-state index contributed by atoms with van der Waals surface area (Å²) in [6, 6.07) is 1.53. The average Bonchev–Trinajstić information content (AvgIpc) is 3.91. The number of carboxylic acid groups (broad SMARTS) is 1. The van der Waals surface area contributed by atoms with Gasteiger partial charge in [-0.05, 0) is 69.4 Å². The van der Waals surface area contributed by atoms with Crippen molar-refractivity contribution in [3.8, 4) is 5.88 Å². The van der Waals surface area contributed by atoms with Crippen molar-refractivity contribution in [3.05, 3.63) is 42.4 Å². The van der Waals surface area contributed by atoms with E-state index in [1.807, 2.05) is 19.1 Å². The number of nitrogens with zero attached hydrogens (tertiary/aromatic N) is 3. The Morgan fingerprint density at radius 3 is 2.63 bits per heavy atom. The number of allylic oxidation sites excluding steroid dienone is 1. The molecule has 1 aromatic heterocycles. The van der Waals surface area contributed by atoms with Crippen molar-refractivity contribution in [2.45, 2.75) is 94.2 Å². The van der Waals surface area contributed by atoms with Crippen molar-refractivity contribution < 1.29 is 41.8 Å². The first-order valence-corrected chi connectivity index (χ1v) is 18.0. The van der Waals surface area contributed by atoms with Gasteiger partial charge in [0.25, 0.3) is 5.91 Å². The fourth-order valence-electron chi connectivity index (χ4n) is 6.92. The lowest BCUT2D eigenvalue weighted by molar-refractivity contribution is -0.142. The number of fused-ring (bicyclic) bond motifs is 3.